The third-order valence-electron chi connectivity index (χ3n) is 9.45. The smallest absolute Gasteiger partial charge is 0.298 e. The van der Waals surface area contributed by atoms with Crippen LogP contribution in [0.25, 0.3) is 10.8 Å². The average molecular weight is 514 g/mol. The average Bonchev–Trinajstić information content (AvgIpc) is 3.20. The highest BCUT2D eigenvalue weighted by Gasteiger charge is 2.70. The minimum Gasteiger partial charge on any atom is -0.377 e. The second-order valence-corrected chi connectivity index (χ2v) is 13.6. The van der Waals surface area contributed by atoms with E-state index in [2.05, 4.69) is 0 Å². The summed E-state index contributed by atoms with van der Waals surface area (Å²) in [5, 5.41) is 1.60. The summed E-state index contributed by atoms with van der Waals surface area (Å²) in [6, 6.07) is 11.2. The lowest BCUT2D eigenvalue weighted by Gasteiger charge is -2.61. The molecule has 194 valence electrons. The molecule has 2 aromatic rings. The summed E-state index contributed by atoms with van der Waals surface area (Å²) < 4.78 is 40.7. The molecule has 5 saturated carbocycles. The number of fused-ring (bicyclic) bond motifs is 1. The summed E-state index contributed by atoms with van der Waals surface area (Å²) in [7, 11) is -0.0567. The van der Waals surface area contributed by atoms with E-state index in [1.807, 2.05) is 43.3 Å². The molecule has 6 aliphatic rings. The van der Waals surface area contributed by atoms with Crippen LogP contribution in [-0.4, -0.2) is 39.7 Å². The summed E-state index contributed by atoms with van der Waals surface area (Å²) in [6.07, 6.45) is 9.06. The van der Waals surface area contributed by atoms with E-state index in [9.17, 15) is 8.42 Å². The molecule has 1 saturated heterocycles. The molecule has 6 fully saturated rings. The Bertz CT molecular complexity index is 1280. The molecule has 7 nitrogen and oxygen atoms in total. The fourth-order valence-corrected chi connectivity index (χ4v) is 9.60. The molecule has 1 aliphatic heterocycles. The molecule has 2 atom stereocenters. The minimum absolute atomic E-state index is 0.0770. The van der Waals surface area contributed by atoms with Crippen molar-refractivity contribution in [2.24, 2.45) is 17.8 Å². The van der Waals surface area contributed by atoms with Crippen molar-refractivity contribution in [1.82, 2.24) is 0 Å². The van der Waals surface area contributed by atoms with Crippen molar-refractivity contribution in [2.75, 3.05) is 19.0 Å². The van der Waals surface area contributed by atoms with E-state index in [0.717, 1.165) is 56.0 Å². The fourth-order valence-electron chi connectivity index (χ4n) is 8.15. The van der Waals surface area contributed by atoms with Gasteiger partial charge in [0.1, 0.15) is 4.90 Å². The van der Waals surface area contributed by atoms with Crippen LogP contribution in [0.1, 0.15) is 64.2 Å². The predicted octanol–water partition coefficient (Wildman–Crippen LogP) is 5.52. The van der Waals surface area contributed by atoms with Gasteiger partial charge in [-0.15, -0.1) is 0 Å². The lowest BCUT2D eigenvalue weighted by Crippen LogP contribution is -2.65. The second kappa shape index (κ2) is 7.90. The quantitative estimate of drug-likeness (QED) is 0.393. The van der Waals surface area contributed by atoms with Gasteiger partial charge in [0.25, 0.3) is 10.1 Å². The molecule has 0 aromatic heterocycles. The van der Waals surface area contributed by atoms with Crippen molar-refractivity contribution >= 4 is 26.6 Å². The zero-order valence-corrected chi connectivity index (χ0v) is 21.9. The van der Waals surface area contributed by atoms with Crippen molar-refractivity contribution in [3.63, 3.8) is 0 Å². The van der Waals surface area contributed by atoms with Crippen LogP contribution >= 0.6 is 0 Å². The first-order valence-electron chi connectivity index (χ1n) is 13.5. The minimum atomic E-state index is -3.99. The predicted molar refractivity (Wildman–Crippen MR) is 135 cm³/mol. The Morgan fingerprint density at radius 2 is 1.58 bits per heavy atom. The number of hydrogen-bond acceptors (Lipinski definition) is 7. The first kappa shape index (κ1) is 23.4. The van der Waals surface area contributed by atoms with E-state index in [4.69, 9.17) is 18.7 Å². The van der Waals surface area contributed by atoms with Gasteiger partial charge in [-0.1, -0.05) is 30.7 Å². The van der Waals surface area contributed by atoms with Crippen LogP contribution in [0.5, 0.6) is 0 Å². The molecule has 2 unspecified atom stereocenters. The van der Waals surface area contributed by atoms with Gasteiger partial charge < -0.3 is 9.64 Å². The van der Waals surface area contributed by atoms with E-state index in [-0.39, 0.29) is 16.7 Å². The van der Waals surface area contributed by atoms with Gasteiger partial charge in [0.05, 0.1) is 5.60 Å². The monoisotopic (exact) mass is 513 g/mol. The molecule has 36 heavy (non-hydrogen) atoms. The van der Waals surface area contributed by atoms with Gasteiger partial charge in [-0.2, -0.15) is 18.2 Å². The topological polar surface area (TPSA) is 74.3 Å². The van der Waals surface area contributed by atoms with Crippen molar-refractivity contribution in [1.29, 1.82) is 0 Å². The number of nitrogens with zero attached hydrogens (tertiary/aromatic N) is 1. The van der Waals surface area contributed by atoms with Gasteiger partial charge >= 0.3 is 0 Å². The van der Waals surface area contributed by atoms with Gasteiger partial charge in [0.15, 0.2) is 0 Å². The highest BCUT2D eigenvalue weighted by molar-refractivity contribution is 7.87. The van der Waals surface area contributed by atoms with Crippen molar-refractivity contribution in [2.45, 2.75) is 86.3 Å². The van der Waals surface area contributed by atoms with E-state index >= 15 is 0 Å². The Kier molecular flexibility index (Phi) is 5.14. The maximum Gasteiger partial charge on any atom is 0.298 e. The van der Waals surface area contributed by atoms with Crippen LogP contribution in [-0.2, 0) is 28.8 Å². The highest BCUT2D eigenvalue weighted by Crippen LogP contribution is 2.66. The molecule has 0 radical (unpaired) electrons. The van der Waals surface area contributed by atoms with Gasteiger partial charge in [0.2, 0.25) is 11.6 Å². The Hall–Kier alpha value is -1.71. The summed E-state index contributed by atoms with van der Waals surface area (Å²) in [4.78, 5) is 14.3. The molecule has 4 bridgehead atoms. The van der Waals surface area contributed by atoms with Crippen LogP contribution in [0, 0.1) is 17.8 Å². The number of hydrogen-bond donors (Lipinski definition) is 0. The van der Waals surface area contributed by atoms with Crippen LogP contribution in [0.2, 0.25) is 0 Å². The molecule has 0 N–H and O–H groups in total. The molecule has 1 heterocycles. The first-order valence-corrected chi connectivity index (χ1v) is 14.9. The third kappa shape index (κ3) is 3.41. The zero-order valence-electron chi connectivity index (χ0n) is 21.1. The van der Waals surface area contributed by atoms with E-state index in [1.165, 1.54) is 6.42 Å². The van der Waals surface area contributed by atoms with E-state index < -0.39 is 27.3 Å². The molecule has 2 aromatic carbocycles. The molecule has 8 heteroatoms. The van der Waals surface area contributed by atoms with Gasteiger partial charge in [-0.25, -0.2) is 0 Å². The normalized spacial score (nSPS) is 36.8. The van der Waals surface area contributed by atoms with Crippen LogP contribution in [0.3, 0.4) is 0 Å². The van der Waals surface area contributed by atoms with E-state index in [0.29, 0.717) is 24.1 Å². The Labute approximate surface area is 213 Å². The molecule has 2 spiro atoms. The standard InChI is InChI=1S/C28H35NO6S/c1-29(2)24-10-6-9-23-22(24)8-7-11-25(23)36(30,31)35-26-16-19-14-20(17-26)28(21(15-19)18-26)32-27(33-34-28)12-4-3-5-13-27/h6-11,19-21H,3-5,12-18H2,1-2H3. The molecule has 8 rings (SSSR count). The van der Waals surface area contributed by atoms with Crippen LogP contribution in [0.4, 0.5) is 5.69 Å². The highest BCUT2D eigenvalue weighted by atomic mass is 32.2. The number of anilines is 1. The van der Waals surface area contributed by atoms with Crippen molar-refractivity contribution < 1.29 is 27.1 Å². The Morgan fingerprint density at radius 3 is 2.31 bits per heavy atom. The second-order valence-electron chi connectivity index (χ2n) is 12.0. The summed E-state index contributed by atoms with van der Waals surface area (Å²) in [5.41, 5.74) is 0.269. The molecular weight excluding hydrogens is 478 g/mol. The van der Waals surface area contributed by atoms with Gasteiger partial charge in [-0.05, 0) is 63.0 Å². The SMILES string of the molecule is CN(C)c1cccc2c(S(=O)(=O)OC34CC5CC(C3)C3(OOC6(CCCCC6)O3)C(C5)C4)cccc12. The van der Waals surface area contributed by atoms with Gasteiger partial charge in [-0.3, -0.25) is 4.18 Å². The molecule has 0 amide bonds. The molecule has 5 aliphatic carbocycles. The number of ether oxygens (including phenoxy) is 1. The van der Waals surface area contributed by atoms with Gasteiger partial charge in [0, 0.05) is 55.2 Å². The lowest BCUT2D eigenvalue weighted by atomic mass is 9.51. The van der Waals surface area contributed by atoms with Crippen LogP contribution < -0.4 is 4.90 Å². The van der Waals surface area contributed by atoms with Crippen molar-refractivity contribution in [3.8, 4) is 0 Å². The maximum absolute atomic E-state index is 13.8. The summed E-state index contributed by atoms with van der Waals surface area (Å²) in [5.74, 6) is -0.807. The van der Waals surface area contributed by atoms with E-state index in [1.54, 1.807) is 12.1 Å². The maximum atomic E-state index is 13.8. The zero-order chi connectivity index (χ0) is 24.8. The van der Waals surface area contributed by atoms with Crippen molar-refractivity contribution in [3.05, 3.63) is 36.4 Å². The fraction of sp³-hybridized carbons (Fsp3) is 0.643. The number of rotatable bonds is 4. The first-order chi connectivity index (χ1) is 17.2. The number of benzene rings is 2. The lowest BCUT2D eigenvalue weighted by molar-refractivity contribution is -0.396. The molecular formula is C28H35NO6S. The Balaban J connectivity index is 1.20. The third-order valence-corrected chi connectivity index (χ3v) is 10.9. The summed E-state index contributed by atoms with van der Waals surface area (Å²) >= 11 is 0. The Morgan fingerprint density at radius 1 is 0.889 bits per heavy atom. The summed E-state index contributed by atoms with van der Waals surface area (Å²) in [6.45, 7) is 0. The van der Waals surface area contributed by atoms with Crippen LogP contribution in [0.15, 0.2) is 41.3 Å². The largest absolute Gasteiger partial charge is 0.377 e.